The van der Waals surface area contributed by atoms with Crippen LogP contribution in [0.1, 0.15) is 27.2 Å². The van der Waals surface area contributed by atoms with Crippen LogP contribution in [0.5, 0.6) is 0 Å². The average Bonchev–Trinajstić information content (AvgIpc) is 1.84. The lowest BCUT2D eigenvalue weighted by Gasteiger charge is -2.18. The highest BCUT2D eigenvalue weighted by Gasteiger charge is 2.11. The van der Waals surface area contributed by atoms with Crippen molar-refractivity contribution in [1.29, 1.82) is 0 Å². The second kappa shape index (κ2) is 4.10. The first-order valence-corrected chi connectivity index (χ1v) is 3.92. The number of aliphatic carboxylic acids is 1. The summed E-state index contributed by atoms with van der Waals surface area (Å²) >= 11 is 0. The van der Waals surface area contributed by atoms with Gasteiger partial charge in [-0.2, -0.15) is 0 Å². The van der Waals surface area contributed by atoms with E-state index in [2.05, 4.69) is 6.58 Å². The molecule has 68 valence electrons. The molecule has 0 aromatic heterocycles. The van der Waals surface area contributed by atoms with E-state index in [0.29, 0.717) is 0 Å². The smallest absolute Gasteiger partial charge is 0.307 e. The van der Waals surface area contributed by atoms with E-state index in [1.54, 1.807) is 12.2 Å². The zero-order valence-corrected chi connectivity index (χ0v) is 7.92. The maximum atomic E-state index is 10.1. The maximum absolute atomic E-state index is 10.1. The number of allylic oxidation sites excluding steroid dienone is 2. The third-order valence-corrected chi connectivity index (χ3v) is 1.57. The SMILES string of the molecule is C=C(C=CCC(=O)O)C(C)(C)C. The van der Waals surface area contributed by atoms with Gasteiger partial charge in [0.05, 0.1) is 6.42 Å². The van der Waals surface area contributed by atoms with Gasteiger partial charge in [-0.05, 0) is 5.41 Å². The highest BCUT2D eigenvalue weighted by molar-refractivity contribution is 5.68. The molecule has 0 unspecified atom stereocenters. The van der Waals surface area contributed by atoms with E-state index in [-0.39, 0.29) is 11.8 Å². The molecule has 0 saturated heterocycles. The van der Waals surface area contributed by atoms with Crippen molar-refractivity contribution in [3.63, 3.8) is 0 Å². The first-order valence-electron chi connectivity index (χ1n) is 3.92. The van der Waals surface area contributed by atoms with Crippen molar-refractivity contribution in [2.75, 3.05) is 0 Å². The van der Waals surface area contributed by atoms with E-state index in [4.69, 9.17) is 5.11 Å². The monoisotopic (exact) mass is 168 g/mol. The molecular weight excluding hydrogens is 152 g/mol. The Kier molecular flexibility index (Phi) is 3.74. The number of rotatable bonds is 3. The topological polar surface area (TPSA) is 37.3 Å². The van der Waals surface area contributed by atoms with E-state index in [0.717, 1.165) is 5.57 Å². The van der Waals surface area contributed by atoms with Crippen LogP contribution in [0.3, 0.4) is 0 Å². The predicted octanol–water partition coefficient (Wildman–Crippen LogP) is 2.62. The third kappa shape index (κ3) is 4.72. The number of carbonyl (C=O) groups is 1. The number of carboxylic acids is 1. The Balaban J connectivity index is 4.02. The van der Waals surface area contributed by atoms with Crippen LogP contribution in [-0.4, -0.2) is 11.1 Å². The summed E-state index contributed by atoms with van der Waals surface area (Å²) in [6.45, 7) is 9.97. The van der Waals surface area contributed by atoms with Crippen LogP contribution < -0.4 is 0 Å². The van der Waals surface area contributed by atoms with Gasteiger partial charge in [0.2, 0.25) is 0 Å². The third-order valence-electron chi connectivity index (χ3n) is 1.57. The lowest BCUT2D eigenvalue weighted by Crippen LogP contribution is -2.06. The molecule has 0 aliphatic rings. The van der Waals surface area contributed by atoms with E-state index in [1.807, 2.05) is 20.8 Å². The minimum Gasteiger partial charge on any atom is -0.481 e. The first kappa shape index (κ1) is 11.0. The van der Waals surface area contributed by atoms with Crippen molar-refractivity contribution in [3.05, 3.63) is 24.3 Å². The van der Waals surface area contributed by atoms with Gasteiger partial charge in [-0.3, -0.25) is 4.79 Å². The molecule has 0 atom stereocenters. The van der Waals surface area contributed by atoms with E-state index < -0.39 is 5.97 Å². The summed E-state index contributed by atoms with van der Waals surface area (Å²) in [6.07, 6.45) is 3.46. The van der Waals surface area contributed by atoms with Crippen molar-refractivity contribution in [2.24, 2.45) is 5.41 Å². The summed E-state index contributed by atoms with van der Waals surface area (Å²) < 4.78 is 0. The lowest BCUT2D eigenvalue weighted by molar-refractivity contribution is -0.136. The van der Waals surface area contributed by atoms with Gasteiger partial charge in [0.1, 0.15) is 0 Å². The van der Waals surface area contributed by atoms with Gasteiger partial charge in [0.25, 0.3) is 0 Å². The normalized spacial score (nSPS) is 11.9. The molecule has 0 radical (unpaired) electrons. The van der Waals surface area contributed by atoms with Crippen LogP contribution in [0, 0.1) is 5.41 Å². The molecule has 0 heterocycles. The molecule has 0 fully saturated rings. The van der Waals surface area contributed by atoms with Gasteiger partial charge >= 0.3 is 5.97 Å². The molecule has 2 nitrogen and oxygen atoms in total. The Morgan fingerprint density at radius 2 is 2.00 bits per heavy atom. The number of hydrogen-bond donors (Lipinski definition) is 1. The molecule has 0 aromatic carbocycles. The molecule has 0 saturated carbocycles. The molecule has 0 amide bonds. The van der Waals surface area contributed by atoms with Crippen molar-refractivity contribution < 1.29 is 9.90 Å². The van der Waals surface area contributed by atoms with Crippen LogP contribution in [-0.2, 0) is 4.79 Å². The van der Waals surface area contributed by atoms with Gasteiger partial charge in [-0.25, -0.2) is 0 Å². The van der Waals surface area contributed by atoms with Gasteiger partial charge in [0, 0.05) is 0 Å². The summed E-state index contributed by atoms with van der Waals surface area (Å²) in [6, 6.07) is 0. The summed E-state index contributed by atoms with van der Waals surface area (Å²) in [5.41, 5.74) is 0.971. The summed E-state index contributed by atoms with van der Waals surface area (Å²) in [7, 11) is 0. The predicted molar refractivity (Wildman–Crippen MR) is 50.0 cm³/mol. The molecular formula is C10H16O2. The van der Waals surface area contributed by atoms with Crippen molar-refractivity contribution in [1.82, 2.24) is 0 Å². The Bertz CT molecular complexity index is 206. The minimum atomic E-state index is -0.812. The summed E-state index contributed by atoms with van der Waals surface area (Å²) in [4.78, 5) is 10.1. The second-order valence-electron chi connectivity index (χ2n) is 3.78. The molecule has 0 aliphatic carbocycles. The van der Waals surface area contributed by atoms with Gasteiger partial charge < -0.3 is 5.11 Å². The number of hydrogen-bond acceptors (Lipinski definition) is 1. The molecule has 1 N–H and O–H groups in total. The lowest BCUT2D eigenvalue weighted by atomic mass is 9.87. The van der Waals surface area contributed by atoms with Crippen molar-refractivity contribution >= 4 is 5.97 Å². The summed E-state index contributed by atoms with van der Waals surface area (Å²) in [5.74, 6) is -0.812. The maximum Gasteiger partial charge on any atom is 0.307 e. The fraction of sp³-hybridized carbons (Fsp3) is 0.500. The highest BCUT2D eigenvalue weighted by Crippen LogP contribution is 2.24. The average molecular weight is 168 g/mol. The minimum absolute atomic E-state index is 0.0228. The Morgan fingerprint density at radius 1 is 1.50 bits per heavy atom. The standard InChI is InChI=1S/C10H16O2/c1-8(10(2,3)4)6-5-7-9(11)12/h5-6H,1,7H2,2-4H3,(H,11,12). The number of carboxylic acid groups (broad SMARTS) is 1. The van der Waals surface area contributed by atoms with Crippen LogP contribution in [0.2, 0.25) is 0 Å². The van der Waals surface area contributed by atoms with Crippen LogP contribution in [0.4, 0.5) is 0 Å². The van der Waals surface area contributed by atoms with Gasteiger partial charge in [-0.1, -0.05) is 45.1 Å². The molecule has 0 aliphatic heterocycles. The molecule has 0 bridgehead atoms. The highest BCUT2D eigenvalue weighted by atomic mass is 16.4. The van der Waals surface area contributed by atoms with Crippen molar-refractivity contribution in [3.8, 4) is 0 Å². The Morgan fingerprint density at radius 3 is 2.33 bits per heavy atom. The second-order valence-corrected chi connectivity index (χ2v) is 3.78. The quantitative estimate of drug-likeness (QED) is 0.658. The largest absolute Gasteiger partial charge is 0.481 e. The fourth-order valence-electron chi connectivity index (χ4n) is 0.552. The van der Waals surface area contributed by atoms with Gasteiger partial charge in [-0.15, -0.1) is 0 Å². The molecule has 0 aromatic rings. The zero-order chi connectivity index (χ0) is 9.78. The van der Waals surface area contributed by atoms with Gasteiger partial charge in [0.15, 0.2) is 0 Å². The fourth-order valence-corrected chi connectivity index (χ4v) is 0.552. The molecule has 0 rings (SSSR count). The van der Waals surface area contributed by atoms with E-state index >= 15 is 0 Å². The molecule has 12 heavy (non-hydrogen) atoms. The summed E-state index contributed by atoms with van der Waals surface area (Å²) in [5, 5.41) is 8.35. The Hall–Kier alpha value is -1.05. The van der Waals surface area contributed by atoms with E-state index in [9.17, 15) is 4.79 Å². The van der Waals surface area contributed by atoms with Crippen LogP contribution in [0.25, 0.3) is 0 Å². The van der Waals surface area contributed by atoms with Crippen LogP contribution >= 0.6 is 0 Å². The van der Waals surface area contributed by atoms with Crippen LogP contribution in [0.15, 0.2) is 24.3 Å². The van der Waals surface area contributed by atoms with Crippen molar-refractivity contribution in [2.45, 2.75) is 27.2 Å². The zero-order valence-electron chi connectivity index (χ0n) is 7.92. The molecule has 2 heteroatoms. The first-order chi connectivity index (χ1) is 5.34. The Labute approximate surface area is 73.6 Å². The van der Waals surface area contributed by atoms with E-state index in [1.165, 1.54) is 0 Å². The molecule has 0 spiro atoms.